The molecule has 192 valence electrons. The maximum absolute atomic E-state index is 13.4. The minimum atomic E-state index is -5.17. The minimum Gasteiger partial charge on any atom is -0.759 e. The van der Waals surface area contributed by atoms with Gasteiger partial charge in [-0.3, -0.25) is 28.1 Å². The summed E-state index contributed by atoms with van der Waals surface area (Å²) in [6.07, 6.45) is 1.19. The largest absolute Gasteiger partial charge is 0.759 e. The van der Waals surface area contributed by atoms with Crippen LogP contribution in [-0.2, 0) is 34.9 Å². The van der Waals surface area contributed by atoms with Crippen LogP contribution in [0.3, 0.4) is 0 Å². The molecular weight excluding hydrogens is 468 g/mol. The second-order valence-electron chi connectivity index (χ2n) is 8.68. The third kappa shape index (κ3) is 6.98. The zero-order chi connectivity index (χ0) is 26.3. The molecule has 0 radical (unpaired) electrons. The first-order chi connectivity index (χ1) is 15.6. The summed E-state index contributed by atoms with van der Waals surface area (Å²) < 4.78 is 44.7. The number of rotatable bonds is 8. The van der Waals surface area contributed by atoms with Gasteiger partial charge in [0.2, 0.25) is 11.8 Å². The van der Waals surface area contributed by atoms with Crippen molar-refractivity contribution in [1.82, 2.24) is 10.2 Å². The monoisotopic (exact) mass is 500 g/mol. The summed E-state index contributed by atoms with van der Waals surface area (Å²) in [4.78, 5) is 40.9. The number of carbonyl (C=O) groups is 3. The van der Waals surface area contributed by atoms with Crippen LogP contribution in [0.5, 0.6) is 5.75 Å². The maximum Gasteiger partial charge on any atom is 0.319 e. The maximum atomic E-state index is 13.4. The lowest BCUT2D eigenvalue weighted by Crippen LogP contribution is -2.67. The second kappa shape index (κ2) is 11.7. The second-order valence-corrected chi connectivity index (χ2v) is 9.49. The summed E-state index contributed by atoms with van der Waals surface area (Å²) >= 11 is 0. The van der Waals surface area contributed by atoms with Gasteiger partial charge in [0.05, 0.1) is 19.1 Å². The molecule has 1 fully saturated rings. The molecule has 1 N–H and O–H groups in total. The number of amides is 2. The first kappa shape index (κ1) is 29.5. The lowest BCUT2D eigenvalue weighted by Gasteiger charge is -2.51. The molecule has 34 heavy (non-hydrogen) atoms. The van der Waals surface area contributed by atoms with Gasteiger partial charge in [-0.25, -0.2) is 0 Å². The van der Waals surface area contributed by atoms with E-state index in [4.69, 9.17) is 27.0 Å². The molecule has 11 nitrogen and oxygen atoms in total. The molecule has 0 spiro atoms. The Kier molecular flexibility index (Phi) is 10.2. The average Bonchev–Trinajstić information content (AvgIpc) is 2.68. The Bertz CT molecular complexity index is 984. The summed E-state index contributed by atoms with van der Waals surface area (Å²) in [5.41, 5.74) is -1.37. The van der Waals surface area contributed by atoms with Crippen LogP contribution in [0.1, 0.15) is 39.2 Å². The molecule has 1 aliphatic heterocycles. The number of esters is 1. The van der Waals surface area contributed by atoms with Gasteiger partial charge in [0.1, 0.15) is 11.7 Å². The summed E-state index contributed by atoms with van der Waals surface area (Å²) in [7, 11) is 0.333. The van der Waals surface area contributed by atoms with E-state index in [0.717, 1.165) is 12.1 Å². The normalized spacial score (nSPS) is 21.9. The molecule has 2 atom stereocenters. The number of piperidine rings is 1. The number of methoxy groups -OCH3 is 1. The lowest BCUT2D eigenvalue weighted by molar-refractivity contribution is -0.167. The lowest BCUT2D eigenvalue weighted by atomic mass is 9.52. The number of hydrogen-bond donors (Lipinski definition) is 1. The highest BCUT2D eigenvalue weighted by atomic mass is 32.3. The van der Waals surface area contributed by atoms with Crippen LogP contribution in [0.15, 0.2) is 24.3 Å². The van der Waals surface area contributed by atoms with Gasteiger partial charge in [-0.2, -0.15) is 0 Å². The highest BCUT2D eigenvalue weighted by molar-refractivity contribution is 7.79. The highest BCUT2D eigenvalue weighted by Gasteiger charge is 2.63. The zero-order valence-corrected chi connectivity index (χ0v) is 21.1. The van der Waals surface area contributed by atoms with E-state index >= 15 is 0 Å². The van der Waals surface area contributed by atoms with Crippen molar-refractivity contribution in [3.05, 3.63) is 29.8 Å². The molecule has 1 saturated heterocycles. The van der Waals surface area contributed by atoms with E-state index in [0.29, 0.717) is 18.6 Å². The number of nitrogens with one attached hydrogen (secondary N) is 1. The van der Waals surface area contributed by atoms with Crippen LogP contribution in [0.25, 0.3) is 0 Å². The predicted octanol–water partition coefficient (Wildman–Crippen LogP) is 0.799. The van der Waals surface area contributed by atoms with Gasteiger partial charge in [0.25, 0.3) is 0 Å². The molecule has 1 heterocycles. The first-order valence-electron chi connectivity index (χ1n) is 10.6. The summed E-state index contributed by atoms with van der Waals surface area (Å²) in [5.74, 6) is -2.08. The van der Waals surface area contributed by atoms with Crippen molar-refractivity contribution in [2.24, 2.45) is 11.3 Å². The Morgan fingerprint density at radius 1 is 1.21 bits per heavy atom. The summed E-state index contributed by atoms with van der Waals surface area (Å²) in [6, 6.07) is 7.30. The van der Waals surface area contributed by atoms with Crippen LogP contribution in [-0.4, -0.2) is 74.6 Å². The molecule has 0 saturated carbocycles. The average molecular weight is 501 g/mol. The smallest absolute Gasteiger partial charge is 0.319 e. The molecular formula is C22H32N2O9S-2. The van der Waals surface area contributed by atoms with Crippen molar-refractivity contribution < 1.29 is 41.4 Å². The van der Waals surface area contributed by atoms with Gasteiger partial charge in [0.15, 0.2) is 0 Å². The number of imide groups is 1. The number of carbonyl (C=O) groups excluding carboxylic acids is 3. The van der Waals surface area contributed by atoms with Crippen molar-refractivity contribution >= 4 is 28.2 Å². The van der Waals surface area contributed by atoms with Gasteiger partial charge >= 0.3 is 5.97 Å². The van der Waals surface area contributed by atoms with Crippen LogP contribution in [0, 0.1) is 11.3 Å². The van der Waals surface area contributed by atoms with E-state index in [-0.39, 0.29) is 12.5 Å². The number of nitrogens with zero attached hydrogens (tertiary/aromatic N) is 1. The van der Waals surface area contributed by atoms with Gasteiger partial charge < -0.3 is 23.5 Å². The summed E-state index contributed by atoms with van der Waals surface area (Å²) in [5, 5.41) is 2.46. The fourth-order valence-corrected chi connectivity index (χ4v) is 4.42. The Morgan fingerprint density at radius 3 is 2.29 bits per heavy atom. The van der Waals surface area contributed by atoms with Crippen molar-refractivity contribution in [3.63, 3.8) is 0 Å². The Morgan fingerprint density at radius 2 is 1.79 bits per heavy atom. The molecule has 2 rings (SSSR count). The van der Waals surface area contributed by atoms with Crippen LogP contribution in [0.2, 0.25) is 0 Å². The fraction of sp³-hybridized carbons (Fsp3) is 0.591. The van der Waals surface area contributed by atoms with E-state index in [9.17, 15) is 14.4 Å². The SMILES string of the molecule is CCOC(=O)C1C(=O)NC(=O)C(CCCN(C)C)(c2cccc(OC)c2)C1(C)C.O=S(=O)([O-])[O-]. The van der Waals surface area contributed by atoms with Crippen molar-refractivity contribution in [1.29, 1.82) is 0 Å². The van der Waals surface area contributed by atoms with E-state index in [1.807, 2.05) is 37.2 Å². The van der Waals surface area contributed by atoms with Crippen molar-refractivity contribution in [2.75, 3.05) is 34.4 Å². The molecule has 12 heteroatoms. The number of hydrogen-bond acceptors (Lipinski definition) is 10. The molecule has 1 aromatic rings. The van der Waals surface area contributed by atoms with Gasteiger partial charge in [-0.15, -0.1) is 0 Å². The fourth-order valence-electron chi connectivity index (χ4n) is 4.42. The minimum absolute atomic E-state index is 0.166. The zero-order valence-electron chi connectivity index (χ0n) is 20.2. The van der Waals surface area contributed by atoms with E-state index < -0.39 is 39.0 Å². The third-order valence-corrected chi connectivity index (χ3v) is 5.95. The highest BCUT2D eigenvalue weighted by Crippen LogP contribution is 2.53. The Hall–Kier alpha value is -2.54. The summed E-state index contributed by atoms with van der Waals surface area (Å²) in [6.45, 7) is 6.25. The molecule has 0 bridgehead atoms. The van der Waals surface area contributed by atoms with E-state index in [2.05, 4.69) is 5.32 Å². The molecule has 1 aliphatic rings. The number of benzene rings is 1. The van der Waals surface area contributed by atoms with Gasteiger partial charge in [-0.1, -0.05) is 26.0 Å². The van der Waals surface area contributed by atoms with Gasteiger partial charge in [-0.05, 0) is 58.1 Å². The predicted molar refractivity (Wildman–Crippen MR) is 120 cm³/mol. The van der Waals surface area contributed by atoms with Crippen molar-refractivity contribution in [3.8, 4) is 5.75 Å². The van der Waals surface area contributed by atoms with Crippen LogP contribution in [0.4, 0.5) is 0 Å². The van der Waals surface area contributed by atoms with Crippen LogP contribution < -0.4 is 10.1 Å². The Balaban J connectivity index is 0.00000104. The van der Waals surface area contributed by atoms with Crippen molar-refractivity contribution in [2.45, 2.75) is 39.0 Å². The van der Waals surface area contributed by atoms with E-state index in [1.165, 1.54) is 0 Å². The standard InChI is InChI=1S/C22H32N2O5.H2O4S/c1-7-29-19(26)17-18(25)23-20(27)22(21(17,2)3,12-9-13-24(4)5)15-10-8-11-16(14-15)28-6;1-5(2,3)4/h8,10-11,14,17H,7,9,12-13H2,1-6H3,(H,23,25,27);(H2,1,2,3,4)/p-2. The third-order valence-electron chi connectivity index (χ3n) is 5.95. The van der Waals surface area contributed by atoms with E-state index in [1.54, 1.807) is 33.9 Å². The van der Waals surface area contributed by atoms with Gasteiger partial charge in [0, 0.05) is 15.8 Å². The van der Waals surface area contributed by atoms with Crippen LogP contribution >= 0.6 is 0 Å². The molecule has 0 aromatic heterocycles. The number of ether oxygens (including phenoxy) is 2. The molecule has 0 aliphatic carbocycles. The molecule has 1 aromatic carbocycles. The first-order valence-corrected chi connectivity index (χ1v) is 11.9. The Labute approximate surface area is 200 Å². The molecule has 2 amide bonds. The molecule has 2 unspecified atom stereocenters. The topological polar surface area (TPSA) is 165 Å². The quantitative estimate of drug-likeness (QED) is 0.177.